The summed E-state index contributed by atoms with van der Waals surface area (Å²) in [5.41, 5.74) is 0.607. The maximum absolute atomic E-state index is 14.0. The molecular formula is C22H27F5O. The largest absolute Gasteiger partial charge is 0.573 e. The number of allylic oxidation sites excluding steroid dienone is 2. The summed E-state index contributed by atoms with van der Waals surface area (Å²) in [4.78, 5) is 0. The van der Waals surface area contributed by atoms with Crippen molar-refractivity contribution in [2.45, 2.75) is 71.1 Å². The highest BCUT2D eigenvalue weighted by Crippen LogP contribution is 2.44. The number of ether oxygens (including phenoxy) is 1. The van der Waals surface area contributed by atoms with Crippen molar-refractivity contribution in [3.63, 3.8) is 0 Å². The summed E-state index contributed by atoms with van der Waals surface area (Å²) in [6.45, 7) is 2.22. The van der Waals surface area contributed by atoms with Crippen LogP contribution in [0.3, 0.4) is 0 Å². The summed E-state index contributed by atoms with van der Waals surface area (Å²) >= 11 is 0. The lowest BCUT2D eigenvalue weighted by Gasteiger charge is -2.35. The number of hydrogen-bond donors (Lipinski definition) is 0. The molecular weight excluding hydrogens is 375 g/mol. The number of halogens is 5. The van der Waals surface area contributed by atoms with Crippen molar-refractivity contribution in [3.05, 3.63) is 35.4 Å². The van der Waals surface area contributed by atoms with Gasteiger partial charge in [0, 0.05) is 5.56 Å². The molecule has 0 N–H and O–H groups in total. The Hall–Kier alpha value is -1.59. The van der Waals surface area contributed by atoms with Crippen molar-refractivity contribution in [1.82, 2.24) is 0 Å². The first-order valence-electron chi connectivity index (χ1n) is 10.2. The summed E-state index contributed by atoms with van der Waals surface area (Å²) in [6.07, 6.45) is 6.47. The van der Waals surface area contributed by atoms with Crippen molar-refractivity contribution in [2.75, 3.05) is 0 Å². The number of benzene rings is 1. The van der Waals surface area contributed by atoms with E-state index in [0.717, 1.165) is 24.8 Å². The SMILES string of the molecule is CCCC1CCC(C2CC=C(c3ccc(F)c(F)c3OC(F)(F)F)CC2)CC1. The first-order valence-corrected chi connectivity index (χ1v) is 10.2. The van der Waals surface area contributed by atoms with E-state index in [0.29, 0.717) is 23.8 Å². The minimum atomic E-state index is -5.07. The van der Waals surface area contributed by atoms with Gasteiger partial charge in [-0.15, -0.1) is 13.2 Å². The Morgan fingerprint density at radius 2 is 1.71 bits per heavy atom. The van der Waals surface area contributed by atoms with Crippen molar-refractivity contribution in [3.8, 4) is 5.75 Å². The van der Waals surface area contributed by atoms with Crippen LogP contribution in [0.5, 0.6) is 5.75 Å². The van der Waals surface area contributed by atoms with Gasteiger partial charge in [-0.25, -0.2) is 4.39 Å². The van der Waals surface area contributed by atoms with Crippen molar-refractivity contribution < 1.29 is 26.7 Å². The van der Waals surface area contributed by atoms with E-state index in [1.807, 2.05) is 6.08 Å². The Morgan fingerprint density at radius 3 is 2.29 bits per heavy atom. The first-order chi connectivity index (χ1) is 13.3. The highest BCUT2D eigenvalue weighted by Gasteiger charge is 2.35. The van der Waals surface area contributed by atoms with Crippen LogP contribution in [0.2, 0.25) is 0 Å². The van der Waals surface area contributed by atoms with E-state index < -0.39 is 23.7 Å². The minimum absolute atomic E-state index is 0.00123. The second-order valence-corrected chi connectivity index (χ2v) is 8.12. The van der Waals surface area contributed by atoms with Gasteiger partial charge in [0.15, 0.2) is 11.6 Å². The molecule has 28 heavy (non-hydrogen) atoms. The standard InChI is InChI=1S/C22H27F5O/c1-2-3-14-4-6-15(7-5-14)16-8-10-17(11-9-16)18-12-13-19(23)20(24)21(18)28-22(25,26)27/h10,12-16H,2-9,11H2,1H3. The average molecular weight is 402 g/mol. The fourth-order valence-corrected chi connectivity index (χ4v) is 4.88. The highest BCUT2D eigenvalue weighted by atomic mass is 19.4. The van der Waals surface area contributed by atoms with Crippen LogP contribution in [0.25, 0.3) is 5.57 Å². The number of hydrogen-bond acceptors (Lipinski definition) is 1. The lowest BCUT2D eigenvalue weighted by atomic mass is 9.70. The average Bonchev–Trinajstić information content (AvgIpc) is 2.66. The summed E-state index contributed by atoms with van der Waals surface area (Å²) in [7, 11) is 0. The molecule has 0 aromatic heterocycles. The Balaban J connectivity index is 1.71. The van der Waals surface area contributed by atoms with E-state index in [9.17, 15) is 22.0 Å². The highest BCUT2D eigenvalue weighted by molar-refractivity contribution is 5.71. The second-order valence-electron chi connectivity index (χ2n) is 8.12. The number of rotatable bonds is 5. The van der Waals surface area contributed by atoms with E-state index in [4.69, 9.17) is 0 Å². The zero-order valence-corrected chi connectivity index (χ0v) is 16.1. The Labute approximate surface area is 163 Å². The lowest BCUT2D eigenvalue weighted by Crippen LogP contribution is -2.23. The predicted molar refractivity (Wildman–Crippen MR) is 98.7 cm³/mol. The smallest absolute Gasteiger partial charge is 0.402 e. The van der Waals surface area contributed by atoms with Crippen molar-refractivity contribution in [2.24, 2.45) is 17.8 Å². The van der Waals surface area contributed by atoms with Crippen LogP contribution >= 0.6 is 0 Å². The van der Waals surface area contributed by atoms with Gasteiger partial charge in [-0.2, -0.15) is 4.39 Å². The third-order valence-corrected chi connectivity index (χ3v) is 6.32. The molecule has 2 aliphatic rings. The van der Waals surface area contributed by atoms with Crippen LogP contribution in [0, 0.1) is 29.4 Å². The molecule has 0 spiro atoms. The van der Waals surface area contributed by atoms with Crippen LogP contribution in [0.1, 0.15) is 70.3 Å². The van der Waals surface area contributed by atoms with Gasteiger partial charge in [0.25, 0.3) is 0 Å². The van der Waals surface area contributed by atoms with Gasteiger partial charge in [-0.1, -0.05) is 38.7 Å². The number of alkyl halides is 3. The second kappa shape index (κ2) is 8.83. The van der Waals surface area contributed by atoms with Crippen LogP contribution in [0.15, 0.2) is 18.2 Å². The molecule has 0 aliphatic heterocycles. The third-order valence-electron chi connectivity index (χ3n) is 6.32. The minimum Gasteiger partial charge on any atom is -0.402 e. The molecule has 1 unspecified atom stereocenters. The lowest BCUT2D eigenvalue weighted by molar-refractivity contribution is -0.275. The summed E-state index contributed by atoms with van der Waals surface area (Å²) < 4.78 is 69.2. The van der Waals surface area contributed by atoms with Gasteiger partial charge in [-0.3, -0.25) is 0 Å². The van der Waals surface area contributed by atoms with Gasteiger partial charge in [0.05, 0.1) is 0 Å². The Bertz CT molecular complexity index is 702. The predicted octanol–water partition coefficient (Wildman–Crippen LogP) is 7.65. The fraction of sp³-hybridized carbons (Fsp3) is 0.636. The third kappa shape index (κ3) is 5.06. The molecule has 0 bridgehead atoms. The quantitative estimate of drug-likeness (QED) is 0.460. The molecule has 156 valence electrons. The Morgan fingerprint density at radius 1 is 1.00 bits per heavy atom. The van der Waals surface area contributed by atoms with Crippen LogP contribution in [-0.2, 0) is 0 Å². The first kappa shape index (κ1) is 21.1. The van der Waals surface area contributed by atoms with Crippen LogP contribution in [-0.4, -0.2) is 6.36 Å². The zero-order valence-electron chi connectivity index (χ0n) is 16.1. The summed E-state index contributed by atoms with van der Waals surface area (Å²) in [6, 6.07) is 2.04. The van der Waals surface area contributed by atoms with Gasteiger partial charge in [-0.05, 0) is 67.6 Å². The van der Waals surface area contributed by atoms with E-state index >= 15 is 0 Å². The molecule has 1 aromatic rings. The van der Waals surface area contributed by atoms with E-state index in [1.165, 1.54) is 44.6 Å². The van der Waals surface area contributed by atoms with Gasteiger partial charge in [0.2, 0.25) is 5.82 Å². The molecule has 1 atom stereocenters. The summed E-state index contributed by atoms with van der Waals surface area (Å²) in [5, 5.41) is 0. The molecule has 1 nitrogen and oxygen atoms in total. The maximum atomic E-state index is 14.0. The molecule has 1 saturated carbocycles. The van der Waals surface area contributed by atoms with Crippen LogP contribution < -0.4 is 4.74 Å². The summed E-state index contributed by atoms with van der Waals surface area (Å²) in [5.74, 6) is -1.99. The van der Waals surface area contributed by atoms with Gasteiger partial charge >= 0.3 is 6.36 Å². The Kier molecular flexibility index (Phi) is 6.66. The molecule has 0 saturated heterocycles. The van der Waals surface area contributed by atoms with Crippen LogP contribution in [0.4, 0.5) is 22.0 Å². The van der Waals surface area contributed by atoms with E-state index in [1.54, 1.807) is 0 Å². The fourth-order valence-electron chi connectivity index (χ4n) is 4.88. The zero-order chi connectivity index (χ0) is 20.3. The van der Waals surface area contributed by atoms with Crippen molar-refractivity contribution in [1.29, 1.82) is 0 Å². The molecule has 2 aliphatic carbocycles. The molecule has 1 fully saturated rings. The van der Waals surface area contributed by atoms with Crippen molar-refractivity contribution >= 4 is 5.57 Å². The molecule has 3 rings (SSSR count). The molecule has 0 heterocycles. The maximum Gasteiger partial charge on any atom is 0.573 e. The molecule has 0 amide bonds. The van der Waals surface area contributed by atoms with E-state index in [2.05, 4.69) is 11.7 Å². The topological polar surface area (TPSA) is 9.23 Å². The molecule has 6 heteroatoms. The molecule has 0 radical (unpaired) electrons. The molecule has 1 aromatic carbocycles. The van der Waals surface area contributed by atoms with Gasteiger partial charge < -0.3 is 4.74 Å². The monoisotopic (exact) mass is 402 g/mol. The van der Waals surface area contributed by atoms with E-state index in [-0.39, 0.29) is 5.56 Å². The van der Waals surface area contributed by atoms with Gasteiger partial charge in [0.1, 0.15) is 0 Å². The normalized spacial score (nSPS) is 26.1.